The molecule has 17 nitrogen and oxygen atoms in total. The molecule has 0 aromatic heterocycles. The van der Waals surface area contributed by atoms with E-state index in [1.807, 2.05) is 43.3 Å². The van der Waals surface area contributed by atoms with Crippen LogP contribution in [0.3, 0.4) is 0 Å². The molecule has 0 bridgehead atoms. The Morgan fingerprint density at radius 1 is 0.778 bits per heavy atom. The Kier molecular flexibility index (Phi) is 41.1. The third kappa shape index (κ3) is 33.6. The molecule has 1 saturated heterocycles. The summed E-state index contributed by atoms with van der Waals surface area (Å²) in [6, 6.07) is 24.2. The molecule has 1 heterocycles. The number of unbranched alkanes of at least 4 members (excludes halogenated alkanes) is 5. The van der Waals surface area contributed by atoms with Crippen LogP contribution in [0.4, 0.5) is 0 Å². The van der Waals surface area contributed by atoms with Gasteiger partial charge >= 0.3 is 53.4 Å². The number of aliphatic hydroxyl groups is 7. The normalized spacial score (nSPS) is 16.3. The fourth-order valence-electron chi connectivity index (χ4n) is 4.35. The molecule has 0 radical (unpaired) electrons. The van der Waals surface area contributed by atoms with Crippen molar-refractivity contribution in [2.24, 2.45) is 0 Å². The van der Waals surface area contributed by atoms with Gasteiger partial charge in [0.1, 0.15) is 23.7 Å². The number of benzene rings is 3. The van der Waals surface area contributed by atoms with Crippen LogP contribution in [-0.4, -0.2) is 134 Å². The number of aromatic hydroxyl groups is 1. The molecule has 18 heteroatoms. The van der Waals surface area contributed by atoms with E-state index in [-0.39, 0.29) is 55.9 Å². The quantitative estimate of drug-likeness (QED) is 0.0196. The van der Waals surface area contributed by atoms with Gasteiger partial charge in [0, 0.05) is 6.08 Å². The van der Waals surface area contributed by atoms with Crippen LogP contribution in [0.25, 0.3) is 0 Å². The van der Waals surface area contributed by atoms with Crippen molar-refractivity contribution < 1.29 is 115 Å². The molecule has 348 valence electrons. The molecule has 1 fully saturated rings. The van der Waals surface area contributed by atoms with Crippen molar-refractivity contribution in [3.8, 4) is 11.5 Å². The van der Waals surface area contributed by atoms with Crippen LogP contribution < -0.4 is 34.3 Å². The van der Waals surface area contributed by atoms with Gasteiger partial charge in [0.25, 0.3) is 0 Å². The maximum atomic E-state index is 11.6. The van der Waals surface area contributed by atoms with Crippen molar-refractivity contribution in [2.45, 2.75) is 90.0 Å². The summed E-state index contributed by atoms with van der Waals surface area (Å²) in [7, 11) is 1.31. The maximum Gasteiger partial charge on any atom is 1.00 e. The largest absolute Gasteiger partial charge is 1.00 e. The number of aliphatic hydroxyl groups excluding tert-OH is 7. The van der Waals surface area contributed by atoms with Crippen molar-refractivity contribution in [3.63, 3.8) is 0 Å². The Morgan fingerprint density at radius 2 is 1.30 bits per heavy atom. The number of phenols is 1. The van der Waals surface area contributed by atoms with Crippen molar-refractivity contribution >= 4 is 23.9 Å². The number of carbonyl (C=O) groups excluding carboxylic acids is 3. The second kappa shape index (κ2) is 41.4. The first kappa shape index (κ1) is 62.6. The van der Waals surface area contributed by atoms with Gasteiger partial charge in [-0.05, 0) is 68.8 Å². The van der Waals surface area contributed by atoms with E-state index in [1.54, 1.807) is 43.3 Å². The summed E-state index contributed by atoms with van der Waals surface area (Å²) < 4.78 is 19.0. The number of aliphatic carboxylic acids is 1. The van der Waals surface area contributed by atoms with Gasteiger partial charge < -0.3 is 66.3 Å². The zero-order valence-corrected chi connectivity index (χ0v) is 38.6. The standard InChI is InChI=1S/C15H22O2.C8H8O3.C8H10O2.C6H10O6.C6H8O2.C2H6O2.Na.H/c1-2-3-4-5-6-10-13-17-15(16)14-11-8-7-9-12-14;1-11-8(10)6-2-4-7(9)5-3-6;1-7(9)10-8-5-3-2-4-6-8;7-1-2-3(8)4(9)5(10)6(11)12-2;1-2-3-4-5-6(7)8;3-1-2-4;;/h7-9,11-12H,2-6,10,13H2,1H3;2-5,9H,1H3;2-7,9H,1H3;2-5,7-10H,1H2;2-5H,1H3,(H,7,8);3-4H,1-2H2;;/q;;;;;;+1;-1/b;;;;3-2+,5-4+;;;/t;;;2-,3-,4+,5-;;;;/m...1..../s1. The van der Waals surface area contributed by atoms with Crippen LogP contribution in [0.5, 0.6) is 11.5 Å². The Bertz CT molecular complexity index is 1640. The van der Waals surface area contributed by atoms with E-state index >= 15 is 0 Å². The van der Waals surface area contributed by atoms with E-state index in [4.69, 9.17) is 55.4 Å². The van der Waals surface area contributed by atoms with Crippen molar-refractivity contribution in [3.05, 3.63) is 120 Å². The van der Waals surface area contributed by atoms with E-state index in [2.05, 4.69) is 16.4 Å². The van der Waals surface area contributed by atoms with Crippen molar-refractivity contribution in [1.82, 2.24) is 0 Å². The average molecular weight is 901 g/mol. The second-order valence-corrected chi connectivity index (χ2v) is 12.6. The summed E-state index contributed by atoms with van der Waals surface area (Å²) >= 11 is 0. The van der Waals surface area contributed by atoms with Crippen LogP contribution in [0.1, 0.15) is 81.4 Å². The molecule has 1 aliphatic rings. The fraction of sp³-hybridized carbons (Fsp3) is 0.422. The van der Waals surface area contributed by atoms with Crippen molar-refractivity contribution in [1.29, 1.82) is 0 Å². The predicted molar refractivity (Wildman–Crippen MR) is 230 cm³/mol. The smallest absolute Gasteiger partial charge is 1.00 e. The number of cyclic esters (lactones) is 1. The number of phenolic OH excluding ortho intramolecular Hbond substituents is 1. The van der Waals surface area contributed by atoms with Crippen LogP contribution in [-0.2, 0) is 23.8 Å². The fourth-order valence-corrected chi connectivity index (χ4v) is 4.35. The zero-order chi connectivity index (χ0) is 47.1. The number of carbonyl (C=O) groups is 4. The van der Waals surface area contributed by atoms with Crippen molar-refractivity contribution in [2.75, 3.05) is 33.5 Å². The van der Waals surface area contributed by atoms with Gasteiger partial charge in [-0.2, -0.15) is 0 Å². The predicted octanol–water partition coefficient (Wildman–Crippen LogP) is 1.06. The summed E-state index contributed by atoms with van der Waals surface area (Å²) in [4.78, 5) is 42.8. The number of carboxylic acid groups (broad SMARTS) is 1. The Hall–Kier alpha value is -4.66. The third-order valence-electron chi connectivity index (χ3n) is 7.46. The number of hydrogen-bond acceptors (Lipinski definition) is 16. The number of hydrogen-bond donors (Lipinski definition) is 9. The van der Waals surface area contributed by atoms with Gasteiger partial charge in [-0.15, -0.1) is 0 Å². The van der Waals surface area contributed by atoms with Gasteiger partial charge in [0.2, 0.25) is 0 Å². The Labute approximate surface area is 392 Å². The first-order chi connectivity index (χ1) is 29.6. The molecule has 1 aliphatic heterocycles. The van der Waals surface area contributed by atoms with Gasteiger partial charge in [-0.1, -0.05) is 93.7 Å². The maximum absolute atomic E-state index is 11.6. The molecule has 0 spiro atoms. The molecule has 63 heavy (non-hydrogen) atoms. The van der Waals surface area contributed by atoms with Crippen LogP contribution in [0, 0.1) is 0 Å². The first-order valence-electron chi connectivity index (χ1n) is 19.7. The van der Waals surface area contributed by atoms with Crippen LogP contribution in [0.2, 0.25) is 0 Å². The molecule has 5 atom stereocenters. The summed E-state index contributed by atoms with van der Waals surface area (Å²) in [6.07, 6.45) is 6.57. The van der Waals surface area contributed by atoms with Gasteiger partial charge in [0.05, 0.1) is 44.7 Å². The van der Waals surface area contributed by atoms with Gasteiger partial charge in [-0.25, -0.2) is 19.2 Å². The van der Waals surface area contributed by atoms with Crippen LogP contribution in [0.15, 0.2) is 109 Å². The van der Waals surface area contributed by atoms with E-state index in [0.29, 0.717) is 23.5 Å². The Balaban J connectivity index is -0.000000348. The van der Waals surface area contributed by atoms with Crippen LogP contribution >= 0.6 is 0 Å². The number of carboxylic acids is 1. The summed E-state index contributed by atoms with van der Waals surface area (Å²) in [6.45, 7) is 5.32. The van der Waals surface area contributed by atoms with Gasteiger partial charge in [0.15, 0.2) is 18.5 Å². The van der Waals surface area contributed by atoms with Gasteiger partial charge in [-0.3, -0.25) is 0 Å². The molecule has 3 aromatic rings. The average Bonchev–Trinajstić information content (AvgIpc) is 3.28. The Morgan fingerprint density at radius 3 is 1.78 bits per heavy atom. The number of para-hydroxylation sites is 1. The van der Waals surface area contributed by atoms with E-state index in [0.717, 1.165) is 18.9 Å². The number of rotatable bonds is 15. The first-order valence-corrected chi connectivity index (χ1v) is 19.7. The zero-order valence-electron chi connectivity index (χ0n) is 37.6. The summed E-state index contributed by atoms with van der Waals surface area (Å²) in [5.74, 6) is -1.73. The number of methoxy groups -OCH3 is 1. The summed E-state index contributed by atoms with van der Waals surface area (Å²) in [5, 5.41) is 76.4. The molecule has 0 saturated carbocycles. The molecule has 9 N–H and O–H groups in total. The molecular weight excluding hydrogens is 835 g/mol. The molecule has 0 aliphatic carbocycles. The minimum absolute atomic E-state index is 0. The molecule has 3 aromatic carbocycles. The molecule has 4 rings (SSSR count). The number of ether oxygens (including phenoxy) is 4. The van der Waals surface area contributed by atoms with E-state index in [1.165, 1.54) is 63.1 Å². The minimum atomic E-state index is -1.73. The third-order valence-corrected chi connectivity index (χ3v) is 7.46. The second-order valence-electron chi connectivity index (χ2n) is 12.6. The minimum Gasteiger partial charge on any atom is -1.00 e. The van der Waals surface area contributed by atoms with E-state index in [9.17, 15) is 19.2 Å². The number of allylic oxidation sites excluding steroid dienone is 3. The number of esters is 3. The molecular formula is C45H65NaO17. The molecule has 0 amide bonds. The topological polar surface area (TPSA) is 287 Å². The summed E-state index contributed by atoms with van der Waals surface area (Å²) in [5.41, 5.74) is 1.07. The molecule has 1 unspecified atom stereocenters. The monoisotopic (exact) mass is 900 g/mol. The SMILES string of the molecule is C/C=C/C=C/C(=O)O.CC(O)Oc1ccccc1.CCCCCCCCOC(=O)c1ccccc1.COC(=O)c1ccc(O)cc1.O=C1O[C@H](CO)[C@@H](O)[C@H](O)[C@H]1O.OCCO.[H-].[Na+]. The van der Waals surface area contributed by atoms with E-state index < -0.39 is 55.2 Å².